The second-order valence-electron chi connectivity index (χ2n) is 2.75. The third-order valence-electron chi connectivity index (χ3n) is 1.82. The average molecular weight is 238 g/mol. The van der Waals surface area contributed by atoms with Crippen LogP contribution < -0.4 is 5.73 Å². The van der Waals surface area contributed by atoms with Crippen molar-refractivity contribution in [2.24, 2.45) is 5.73 Å². The summed E-state index contributed by atoms with van der Waals surface area (Å²) in [5.74, 6) is -1.25. The van der Waals surface area contributed by atoms with E-state index >= 15 is 0 Å². The van der Waals surface area contributed by atoms with Crippen molar-refractivity contribution in [2.75, 3.05) is 0 Å². The zero-order valence-electron chi connectivity index (χ0n) is 7.56. The lowest BCUT2D eigenvalue weighted by atomic mass is 10.0. The Morgan fingerprint density at radius 1 is 1.33 bits per heavy atom. The predicted octanol–water partition coefficient (Wildman–Crippen LogP) is 2.07. The molecule has 0 aliphatic carbocycles. The molecule has 0 heterocycles. The highest BCUT2D eigenvalue weighted by atomic mass is 35.5. The van der Waals surface area contributed by atoms with Gasteiger partial charge in [-0.15, -0.1) is 12.4 Å². The number of benzene rings is 1. The summed E-state index contributed by atoms with van der Waals surface area (Å²) in [6, 6.07) is 3.93. The van der Waals surface area contributed by atoms with Gasteiger partial charge in [0.2, 0.25) is 0 Å². The SMILES string of the molecule is Cl.N[C@@H](c1ccccc1C(=O)O)C(F)F. The minimum absolute atomic E-state index is 0. The molecule has 0 aromatic heterocycles. The van der Waals surface area contributed by atoms with Crippen LogP contribution in [-0.2, 0) is 0 Å². The number of carbonyl (C=O) groups is 1. The molecule has 1 rings (SSSR count). The van der Waals surface area contributed by atoms with Crippen LogP contribution in [0.3, 0.4) is 0 Å². The largest absolute Gasteiger partial charge is 0.478 e. The molecule has 0 spiro atoms. The van der Waals surface area contributed by atoms with E-state index in [-0.39, 0.29) is 23.5 Å². The molecule has 0 unspecified atom stereocenters. The number of carboxylic acid groups (broad SMARTS) is 1. The van der Waals surface area contributed by atoms with Gasteiger partial charge >= 0.3 is 5.97 Å². The van der Waals surface area contributed by atoms with Crippen LogP contribution in [0.25, 0.3) is 0 Å². The fourth-order valence-corrected chi connectivity index (χ4v) is 1.12. The van der Waals surface area contributed by atoms with Crippen molar-refractivity contribution >= 4 is 18.4 Å². The number of nitrogens with two attached hydrogens (primary N) is 1. The molecule has 0 saturated carbocycles. The molecule has 1 aromatic rings. The lowest BCUT2D eigenvalue weighted by molar-refractivity contribution is 0.0691. The number of hydrogen-bond donors (Lipinski definition) is 2. The van der Waals surface area contributed by atoms with Gasteiger partial charge in [-0.05, 0) is 11.6 Å². The van der Waals surface area contributed by atoms with E-state index in [4.69, 9.17) is 10.8 Å². The smallest absolute Gasteiger partial charge is 0.336 e. The Morgan fingerprint density at radius 2 is 1.87 bits per heavy atom. The number of rotatable bonds is 3. The van der Waals surface area contributed by atoms with Crippen molar-refractivity contribution in [3.63, 3.8) is 0 Å². The van der Waals surface area contributed by atoms with Crippen LogP contribution in [0.1, 0.15) is 22.0 Å². The molecule has 0 radical (unpaired) electrons. The highest BCUT2D eigenvalue weighted by Crippen LogP contribution is 2.21. The van der Waals surface area contributed by atoms with E-state index in [9.17, 15) is 13.6 Å². The van der Waals surface area contributed by atoms with Crippen LogP contribution in [0.2, 0.25) is 0 Å². The van der Waals surface area contributed by atoms with Gasteiger partial charge in [-0.1, -0.05) is 18.2 Å². The number of hydrogen-bond acceptors (Lipinski definition) is 2. The molecule has 0 amide bonds. The van der Waals surface area contributed by atoms with E-state index < -0.39 is 18.4 Å². The third kappa shape index (κ3) is 3.14. The maximum absolute atomic E-state index is 12.2. The summed E-state index contributed by atoms with van der Waals surface area (Å²) in [5, 5.41) is 8.70. The topological polar surface area (TPSA) is 63.3 Å². The summed E-state index contributed by atoms with van der Waals surface area (Å²) >= 11 is 0. The van der Waals surface area contributed by atoms with Gasteiger partial charge in [0.05, 0.1) is 11.6 Å². The van der Waals surface area contributed by atoms with Crippen LogP contribution in [-0.4, -0.2) is 17.5 Å². The van der Waals surface area contributed by atoms with Gasteiger partial charge in [0, 0.05) is 0 Å². The lowest BCUT2D eigenvalue weighted by Gasteiger charge is -2.12. The summed E-state index contributed by atoms with van der Waals surface area (Å²) < 4.78 is 24.5. The molecule has 0 aliphatic rings. The van der Waals surface area contributed by atoms with Crippen molar-refractivity contribution in [2.45, 2.75) is 12.5 Å². The van der Waals surface area contributed by atoms with Crippen molar-refractivity contribution in [3.05, 3.63) is 35.4 Å². The zero-order valence-corrected chi connectivity index (χ0v) is 8.38. The maximum Gasteiger partial charge on any atom is 0.336 e. The minimum Gasteiger partial charge on any atom is -0.478 e. The Morgan fingerprint density at radius 3 is 2.33 bits per heavy atom. The first-order valence-corrected chi connectivity index (χ1v) is 3.90. The summed E-state index contributed by atoms with van der Waals surface area (Å²) in [6.07, 6.45) is -2.77. The van der Waals surface area contributed by atoms with Gasteiger partial charge in [-0.2, -0.15) is 0 Å². The standard InChI is InChI=1S/C9H9F2NO2.ClH/c10-8(11)7(12)5-3-1-2-4-6(5)9(13)14;/h1-4,7-8H,12H2,(H,13,14);1H/t7-;/m0./s1. The molecule has 0 bridgehead atoms. The summed E-state index contributed by atoms with van der Waals surface area (Å²) in [5.41, 5.74) is 4.94. The molecule has 3 N–H and O–H groups in total. The molecular weight excluding hydrogens is 228 g/mol. The normalized spacial score (nSPS) is 12.0. The number of halogens is 3. The minimum atomic E-state index is -2.77. The second kappa shape index (κ2) is 5.63. The third-order valence-corrected chi connectivity index (χ3v) is 1.82. The molecule has 1 atom stereocenters. The molecule has 0 fully saturated rings. The van der Waals surface area contributed by atoms with Gasteiger partial charge in [0.25, 0.3) is 6.43 Å². The first-order valence-electron chi connectivity index (χ1n) is 3.90. The van der Waals surface area contributed by atoms with Crippen LogP contribution >= 0.6 is 12.4 Å². The highest BCUT2D eigenvalue weighted by molar-refractivity contribution is 5.89. The Bertz CT molecular complexity index is 347. The summed E-state index contributed by atoms with van der Waals surface area (Å²) in [4.78, 5) is 10.6. The predicted molar refractivity (Wildman–Crippen MR) is 53.6 cm³/mol. The lowest BCUT2D eigenvalue weighted by Crippen LogP contribution is -2.21. The molecule has 0 aliphatic heterocycles. The van der Waals surface area contributed by atoms with Crippen molar-refractivity contribution in [3.8, 4) is 0 Å². The van der Waals surface area contributed by atoms with E-state index in [0.717, 1.165) is 0 Å². The summed E-state index contributed by atoms with van der Waals surface area (Å²) in [6.45, 7) is 0. The number of carboxylic acids is 1. The Kier molecular flexibility index (Phi) is 5.18. The Balaban J connectivity index is 0.00000196. The van der Waals surface area contributed by atoms with Crippen LogP contribution in [0.15, 0.2) is 24.3 Å². The van der Waals surface area contributed by atoms with E-state index in [1.807, 2.05) is 0 Å². The first kappa shape index (κ1) is 13.8. The second-order valence-corrected chi connectivity index (χ2v) is 2.75. The molecular formula is C9H10ClF2NO2. The molecule has 0 saturated heterocycles. The van der Waals surface area contributed by atoms with Crippen LogP contribution in [0.4, 0.5) is 8.78 Å². The van der Waals surface area contributed by atoms with Gasteiger partial charge in [-0.25, -0.2) is 13.6 Å². The fraction of sp³-hybridized carbons (Fsp3) is 0.222. The van der Waals surface area contributed by atoms with Crippen molar-refractivity contribution in [1.29, 1.82) is 0 Å². The Hall–Kier alpha value is -1.20. The highest BCUT2D eigenvalue weighted by Gasteiger charge is 2.22. The zero-order chi connectivity index (χ0) is 10.7. The fourth-order valence-electron chi connectivity index (χ4n) is 1.12. The molecule has 15 heavy (non-hydrogen) atoms. The van der Waals surface area contributed by atoms with E-state index in [1.54, 1.807) is 0 Å². The molecule has 3 nitrogen and oxygen atoms in total. The monoisotopic (exact) mass is 237 g/mol. The van der Waals surface area contributed by atoms with Crippen molar-refractivity contribution < 1.29 is 18.7 Å². The maximum atomic E-state index is 12.2. The number of alkyl halides is 2. The molecule has 6 heteroatoms. The average Bonchev–Trinajstić information content (AvgIpc) is 2.16. The van der Waals surface area contributed by atoms with E-state index in [0.29, 0.717) is 0 Å². The van der Waals surface area contributed by atoms with Crippen LogP contribution in [0, 0.1) is 0 Å². The van der Waals surface area contributed by atoms with E-state index in [1.165, 1.54) is 24.3 Å². The van der Waals surface area contributed by atoms with Gasteiger partial charge in [0.15, 0.2) is 0 Å². The van der Waals surface area contributed by atoms with Gasteiger partial charge in [-0.3, -0.25) is 0 Å². The first-order chi connectivity index (χ1) is 6.54. The Labute approximate surface area is 91.3 Å². The van der Waals surface area contributed by atoms with Crippen molar-refractivity contribution in [1.82, 2.24) is 0 Å². The van der Waals surface area contributed by atoms with Crippen LogP contribution in [0.5, 0.6) is 0 Å². The molecule has 1 aromatic carbocycles. The quantitative estimate of drug-likeness (QED) is 0.846. The van der Waals surface area contributed by atoms with Gasteiger partial charge in [0.1, 0.15) is 0 Å². The molecule has 84 valence electrons. The summed E-state index contributed by atoms with van der Waals surface area (Å²) in [7, 11) is 0. The number of aromatic carboxylic acids is 1. The van der Waals surface area contributed by atoms with Gasteiger partial charge < -0.3 is 10.8 Å². The van der Waals surface area contributed by atoms with E-state index in [2.05, 4.69) is 0 Å².